The van der Waals surface area contributed by atoms with E-state index in [1.807, 2.05) is 18.2 Å². The van der Waals surface area contributed by atoms with Crippen molar-refractivity contribution in [2.75, 3.05) is 19.0 Å². The van der Waals surface area contributed by atoms with Gasteiger partial charge in [0.2, 0.25) is 5.82 Å². The number of carbonyl (C=O) groups excluding carboxylic acids is 1. The molecule has 2 aromatic rings. The Hall–Kier alpha value is -2.63. The molecule has 0 spiro atoms. The van der Waals surface area contributed by atoms with Crippen LogP contribution in [0.2, 0.25) is 0 Å². The van der Waals surface area contributed by atoms with Crippen LogP contribution in [0.1, 0.15) is 16.2 Å². The van der Waals surface area contributed by atoms with E-state index in [0.717, 1.165) is 12.2 Å². The fourth-order valence-corrected chi connectivity index (χ4v) is 2.23. The lowest BCUT2D eigenvalue weighted by Crippen LogP contribution is -2.24. The van der Waals surface area contributed by atoms with Crippen molar-refractivity contribution in [1.29, 1.82) is 0 Å². The predicted molar refractivity (Wildman–Crippen MR) is 76.4 cm³/mol. The van der Waals surface area contributed by atoms with Crippen LogP contribution in [0.15, 0.2) is 36.5 Å². The molecule has 0 bridgehead atoms. The zero-order valence-corrected chi connectivity index (χ0v) is 11.6. The number of hydrogen-bond acceptors (Lipinski definition) is 6. The molecule has 21 heavy (non-hydrogen) atoms. The third-order valence-corrected chi connectivity index (χ3v) is 3.25. The number of esters is 1. The van der Waals surface area contributed by atoms with E-state index in [1.54, 1.807) is 6.07 Å². The maximum atomic E-state index is 11.4. The highest BCUT2D eigenvalue weighted by molar-refractivity contribution is 5.85. The number of nitrogens with one attached hydrogen (secondary N) is 1. The van der Waals surface area contributed by atoms with Gasteiger partial charge in [-0.25, -0.2) is 14.8 Å². The van der Waals surface area contributed by atoms with Crippen LogP contribution in [0.3, 0.4) is 0 Å². The number of anilines is 1. The lowest BCUT2D eigenvalue weighted by Gasteiger charge is -2.12. The molecule has 1 N–H and O–H groups in total. The number of hydrogen-bond donors (Lipinski definition) is 1. The summed E-state index contributed by atoms with van der Waals surface area (Å²) in [4.78, 5) is 19.3. The standard InChI is InChI=1S/C15H15N3O3/c1-20-15(19)14-16-7-6-13(18-14)17-9-11-8-10-4-2-3-5-12(10)21-11/h2-7,11H,8-9H2,1H3,(H,16,17,18). The van der Waals surface area contributed by atoms with E-state index in [-0.39, 0.29) is 11.9 Å². The Morgan fingerprint density at radius 1 is 1.43 bits per heavy atom. The van der Waals surface area contributed by atoms with Crippen molar-refractivity contribution in [3.63, 3.8) is 0 Å². The van der Waals surface area contributed by atoms with Gasteiger partial charge in [0.05, 0.1) is 13.7 Å². The highest BCUT2D eigenvalue weighted by atomic mass is 16.5. The van der Waals surface area contributed by atoms with Gasteiger partial charge >= 0.3 is 5.97 Å². The van der Waals surface area contributed by atoms with Gasteiger partial charge in [-0.15, -0.1) is 0 Å². The molecular formula is C15H15N3O3. The number of methoxy groups -OCH3 is 1. The first-order chi connectivity index (χ1) is 10.3. The molecule has 108 valence electrons. The average Bonchev–Trinajstić information content (AvgIpc) is 2.95. The summed E-state index contributed by atoms with van der Waals surface area (Å²) < 4.78 is 10.4. The monoisotopic (exact) mass is 285 g/mol. The molecule has 1 aliphatic heterocycles. The van der Waals surface area contributed by atoms with Gasteiger partial charge in [0.1, 0.15) is 17.7 Å². The predicted octanol–water partition coefficient (Wildman–Crippen LogP) is 1.68. The molecule has 1 aromatic carbocycles. The largest absolute Gasteiger partial charge is 0.488 e. The maximum absolute atomic E-state index is 11.4. The number of para-hydroxylation sites is 1. The van der Waals surface area contributed by atoms with Crippen LogP contribution in [0.5, 0.6) is 5.75 Å². The van der Waals surface area contributed by atoms with Gasteiger partial charge < -0.3 is 14.8 Å². The molecule has 2 heterocycles. The highest BCUT2D eigenvalue weighted by Crippen LogP contribution is 2.28. The minimum atomic E-state index is -0.553. The summed E-state index contributed by atoms with van der Waals surface area (Å²) in [6, 6.07) is 9.70. The van der Waals surface area contributed by atoms with Gasteiger partial charge in [-0.3, -0.25) is 0 Å². The Morgan fingerprint density at radius 2 is 2.29 bits per heavy atom. The van der Waals surface area contributed by atoms with Crippen LogP contribution in [0.25, 0.3) is 0 Å². The van der Waals surface area contributed by atoms with E-state index in [1.165, 1.54) is 18.9 Å². The molecule has 1 aromatic heterocycles. The van der Waals surface area contributed by atoms with Gasteiger partial charge in [0.25, 0.3) is 0 Å². The molecule has 0 aliphatic carbocycles. The lowest BCUT2D eigenvalue weighted by molar-refractivity contribution is 0.0587. The molecule has 1 aliphatic rings. The van der Waals surface area contributed by atoms with E-state index < -0.39 is 5.97 Å². The SMILES string of the molecule is COC(=O)c1nccc(NCC2Cc3ccccc3O2)n1. The van der Waals surface area contributed by atoms with E-state index in [2.05, 4.69) is 26.1 Å². The van der Waals surface area contributed by atoms with Gasteiger partial charge in [-0.05, 0) is 17.7 Å². The molecule has 0 saturated carbocycles. The fourth-order valence-electron chi connectivity index (χ4n) is 2.23. The second kappa shape index (κ2) is 5.78. The van der Waals surface area contributed by atoms with Gasteiger partial charge in [-0.1, -0.05) is 18.2 Å². The van der Waals surface area contributed by atoms with Crippen molar-refractivity contribution in [3.8, 4) is 5.75 Å². The lowest BCUT2D eigenvalue weighted by atomic mass is 10.1. The number of carbonyl (C=O) groups is 1. The molecule has 1 atom stereocenters. The van der Waals surface area contributed by atoms with Crippen LogP contribution in [-0.4, -0.2) is 35.7 Å². The Labute approximate surface area is 122 Å². The molecule has 6 heteroatoms. The van der Waals surface area contributed by atoms with E-state index in [4.69, 9.17) is 4.74 Å². The third kappa shape index (κ3) is 2.94. The summed E-state index contributed by atoms with van der Waals surface area (Å²) >= 11 is 0. The molecule has 0 saturated heterocycles. The molecule has 6 nitrogen and oxygen atoms in total. The van der Waals surface area contributed by atoms with Crippen molar-refractivity contribution in [3.05, 3.63) is 47.9 Å². The number of benzene rings is 1. The third-order valence-electron chi connectivity index (χ3n) is 3.25. The molecule has 0 radical (unpaired) electrons. The average molecular weight is 285 g/mol. The molecule has 1 unspecified atom stereocenters. The van der Waals surface area contributed by atoms with E-state index in [0.29, 0.717) is 12.4 Å². The van der Waals surface area contributed by atoms with Crippen molar-refractivity contribution < 1.29 is 14.3 Å². The Bertz CT molecular complexity index is 635. The smallest absolute Gasteiger partial charge is 0.376 e. The second-order valence-electron chi connectivity index (χ2n) is 4.69. The Morgan fingerprint density at radius 3 is 3.10 bits per heavy atom. The number of fused-ring (bicyclic) bond motifs is 1. The first kappa shape index (κ1) is 13.4. The fraction of sp³-hybridized carbons (Fsp3) is 0.267. The molecule has 0 amide bonds. The number of rotatable bonds is 4. The summed E-state index contributed by atoms with van der Waals surface area (Å²) in [7, 11) is 1.30. The minimum absolute atomic E-state index is 0.0399. The normalized spacial score (nSPS) is 16.0. The van der Waals surface area contributed by atoms with Crippen LogP contribution in [0.4, 0.5) is 5.82 Å². The summed E-state index contributed by atoms with van der Waals surface area (Å²) in [6.07, 6.45) is 2.43. The first-order valence-electron chi connectivity index (χ1n) is 6.66. The second-order valence-corrected chi connectivity index (χ2v) is 4.69. The van der Waals surface area contributed by atoms with Gasteiger partial charge in [0, 0.05) is 12.6 Å². The first-order valence-corrected chi connectivity index (χ1v) is 6.66. The van der Waals surface area contributed by atoms with Crippen LogP contribution >= 0.6 is 0 Å². The van der Waals surface area contributed by atoms with Crippen molar-refractivity contribution >= 4 is 11.8 Å². The molecule has 0 fully saturated rings. The van der Waals surface area contributed by atoms with E-state index in [9.17, 15) is 4.79 Å². The number of ether oxygens (including phenoxy) is 2. The number of nitrogens with zero attached hydrogens (tertiary/aromatic N) is 2. The van der Waals surface area contributed by atoms with Crippen LogP contribution < -0.4 is 10.1 Å². The Balaban J connectivity index is 1.61. The topological polar surface area (TPSA) is 73.3 Å². The quantitative estimate of drug-likeness (QED) is 0.862. The van der Waals surface area contributed by atoms with E-state index >= 15 is 0 Å². The van der Waals surface area contributed by atoms with Crippen molar-refractivity contribution in [2.45, 2.75) is 12.5 Å². The highest BCUT2D eigenvalue weighted by Gasteiger charge is 2.22. The Kier molecular flexibility index (Phi) is 3.68. The zero-order chi connectivity index (χ0) is 14.7. The summed E-state index contributed by atoms with van der Waals surface area (Å²) in [5, 5.41) is 3.16. The summed E-state index contributed by atoms with van der Waals surface area (Å²) in [6.45, 7) is 0.603. The summed E-state index contributed by atoms with van der Waals surface area (Å²) in [5.41, 5.74) is 1.21. The molecule has 3 rings (SSSR count). The van der Waals surface area contributed by atoms with Gasteiger partial charge in [0.15, 0.2) is 0 Å². The van der Waals surface area contributed by atoms with Crippen LogP contribution in [-0.2, 0) is 11.2 Å². The zero-order valence-electron chi connectivity index (χ0n) is 11.6. The number of aromatic nitrogens is 2. The minimum Gasteiger partial charge on any atom is -0.488 e. The van der Waals surface area contributed by atoms with Crippen LogP contribution in [0, 0.1) is 0 Å². The summed E-state index contributed by atoms with van der Waals surface area (Å²) in [5.74, 6) is 0.994. The molecular weight excluding hydrogens is 270 g/mol. The van der Waals surface area contributed by atoms with Crippen molar-refractivity contribution in [1.82, 2.24) is 9.97 Å². The maximum Gasteiger partial charge on any atom is 0.376 e. The van der Waals surface area contributed by atoms with Gasteiger partial charge in [-0.2, -0.15) is 0 Å². The van der Waals surface area contributed by atoms with Crippen molar-refractivity contribution in [2.24, 2.45) is 0 Å².